The van der Waals surface area contributed by atoms with Crippen LogP contribution in [0, 0.1) is 11.8 Å². The fourth-order valence-electron chi connectivity index (χ4n) is 4.20. The van der Waals surface area contributed by atoms with Gasteiger partial charge in [0.2, 0.25) is 0 Å². The SMILES string of the molecule is NCC#Cc1ccc(-c2c[nH]c3c(C4CCCCC4)c(C(F)(F)F)nn3c2=O)c(O)c1. The standard InChI is InChI=1S/C22H21F3N4O2/c23-22(24,25)19-18(14-6-2-1-3-7-14)20-27-12-16(21(31)29(20)28-19)15-9-8-13(5-4-10-26)11-17(15)30/h8-9,11-12,14,27,30H,1-3,6-7,10,26H2. The number of alkyl halides is 3. The van der Waals surface area contributed by atoms with Crippen LogP contribution in [-0.4, -0.2) is 26.2 Å². The Bertz CT molecular complexity index is 1240. The summed E-state index contributed by atoms with van der Waals surface area (Å²) >= 11 is 0. The fourth-order valence-corrected chi connectivity index (χ4v) is 4.20. The summed E-state index contributed by atoms with van der Waals surface area (Å²) in [5.74, 6) is 4.90. The van der Waals surface area contributed by atoms with Crippen molar-refractivity contribution in [1.82, 2.24) is 14.6 Å². The number of phenolic OH excluding ortho intramolecular Hbond substituents is 1. The maximum atomic E-state index is 13.8. The van der Waals surface area contributed by atoms with Crippen molar-refractivity contribution in [1.29, 1.82) is 0 Å². The van der Waals surface area contributed by atoms with Crippen LogP contribution in [0.15, 0.2) is 29.2 Å². The van der Waals surface area contributed by atoms with Crippen molar-refractivity contribution in [2.75, 3.05) is 6.54 Å². The number of phenols is 1. The maximum absolute atomic E-state index is 13.8. The quantitative estimate of drug-likeness (QED) is 0.539. The smallest absolute Gasteiger partial charge is 0.435 e. The van der Waals surface area contributed by atoms with E-state index in [1.807, 2.05) is 0 Å². The van der Waals surface area contributed by atoms with E-state index in [2.05, 4.69) is 21.9 Å². The third kappa shape index (κ3) is 3.91. The molecule has 1 fully saturated rings. The molecule has 2 heterocycles. The molecule has 2 aromatic heterocycles. The van der Waals surface area contributed by atoms with E-state index < -0.39 is 17.4 Å². The first-order valence-electron chi connectivity index (χ1n) is 10.0. The highest BCUT2D eigenvalue weighted by Crippen LogP contribution is 2.41. The lowest BCUT2D eigenvalue weighted by molar-refractivity contribution is -0.142. The largest absolute Gasteiger partial charge is 0.507 e. The topological polar surface area (TPSA) is 96.4 Å². The van der Waals surface area contributed by atoms with E-state index in [1.165, 1.54) is 18.3 Å². The van der Waals surface area contributed by atoms with Crippen LogP contribution in [0.2, 0.25) is 0 Å². The van der Waals surface area contributed by atoms with Crippen LogP contribution in [-0.2, 0) is 6.18 Å². The minimum absolute atomic E-state index is 0.00903. The fraction of sp³-hybridized carbons (Fsp3) is 0.364. The summed E-state index contributed by atoms with van der Waals surface area (Å²) in [5.41, 5.74) is 4.35. The number of fused-ring (bicyclic) bond motifs is 1. The molecule has 6 nitrogen and oxygen atoms in total. The van der Waals surface area contributed by atoms with E-state index in [0.717, 1.165) is 23.8 Å². The number of nitrogens with two attached hydrogens (primary N) is 1. The second-order valence-electron chi connectivity index (χ2n) is 7.60. The Morgan fingerprint density at radius 2 is 1.97 bits per heavy atom. The molecule has 0 radical (unpaired) electrons. The average Bonchev–Trinajstić information content (AvgIpc) is 3.15. The number of hydrogen-bond acceptors (Lipinski definition) is 4. The molecule has 0 atom stereocenters. The summed E-state index contributed by atoms with van der Waals surface area (Å²) in [7, 11) is 0. The van der Waals surface area contributed by atoms with E-state index >= 15 is 0 Å². The minimum atomic E-state index is -4.68. The van der Waals surface area contributed by atoms with Gasteiger partial charge in [0, 0.05) is 22.9 Å². The van der Waals surface area contributed by atoms with Gasteiger partial charge in [0.1, 0.15) is 11.4 Å². The first-order chi connectivity index (χ1) is 14.8. The van der Waals surface area contributed by atoms with Gasteiger partial charge in [0.05, 0.1) is 12.1 Å². The zero-order chi connectivity index (χ0) is 22.2. The number of hydrogen-bond donors (Lipinski definition) is 3. The van der Waals surface area contributed by atoms with Crippen molar-refractivity contribution in [3.63, 3.8) is 0 Å². The van der Waals surface area contributed by atoms with Crippen LogP contribution in [0.4, 0.5) is 13.2 Å². The Hall–Kier alpha value is -3.25. The molecular formula is C22H21F3N4O2. The summed E-state index contributed by atoms with van der Waals surface area (Å²) in [6, 6.07) is 4.46. The van der Waals surface area contributed by atoms with Crippen LogP contribution >= 0.6 is 0 Å². The first kappa shape index (κ1) is 21.0. The summed E-state index contributed by atoms with van der Waals surface area (Å²) in [4.78, 5) is 15.9. The van der Waals surface area contributed by atoms with Crippen molar-refractivity contribution in [2.45, 2.75) is 44.2 Å². The highest BCUT2D eigenvalue weighted by atomic mass is 19.4. The van der Waals surface area contributed by atoms with Crippen LogP contribution in [0.5, 0.6) is 5.75 Å². The van der Waals surface area contributed by atoms with Gasteiger partial charge in [-0.15, -0.1) is 0 Å². The zero-order valence-corrected chi connectivity index (χ0v) is 16.6. The summed E-state index contributed by atoms with van der Waals surface area (Å²) in [6.07, 6.45) is 0.573. The zero-order valence-electron chi connectivity index (χ0n) is 16.6. The maximum Gasteiger partial charge on any atom is 0.435 e. The van der Waals surface area contributed by atoms with Crippen LogP contribution < -0.4 is 11.3 Å². The Morgan fingerprint density at radius 3 is 2.61 bits per heavy atom. The molecule has 162 valence electrons. The average molecular weight is 430 g/mol. The summed E-state index contributed by atoms with van der Waals surface area (Å²) in [5, 5.41) is 14.0. The first-order valence-corrected chi connectivity index (χ1v) is 10.0. The molecule has 0 unspecified atom stereocenters. The van der Waals surface area contributed by atoms with Gasteiger partial charge in [0.15, 0.2) is 5.69 Å². The number of halogens is 3. The predicted molar refractivity (Wildman–Crippen MR) is 110 cm³/mol. The second kappa shape index (κ2) is 8.12. The number of rotatable bonds is 2. The molecule has 0 aliphatic heterocycles. The lowest BCUT2D eigenvalue weighted by Crippen LogP contribution is -2.18. The monoisotopic (exact) mass is 430 g/mol. The molecule has 4 N–H and O–H groups in total. The van der Waals surface area contributed by atoms with Crippen molar-refractivity contribution in [3.8, 4) is 28.7 Å². The molecule has 0 bridgehead atoms. The second-order valence-corrected chi connectivity index (χ2v) is 7.60. The summed E-state index contributed by atoms with van der Waals surface area (Å²) in [6.45, 7) is 0.156. The lowest BCUT2D eigenvalue weighted by atomic mass is 9.84. The number of aromatic nitrogens is 3. The normalized spacial score (nSPS) is 15.1. The predicted octanol–water partition coefficient (Wildman–Crippen LogP) is 3.77. The van der Waals surface area contributed by atoms with Gasteiger partial charge in [0.25, 0.3) is 5.56 Å². The Kier molecular flexibility index (Phi) is 5.50. The van der Waals surface area contributed by atoms with E-state index in [0.29, 0.717) is 18.4 Å². The Balaban J connectivity index is 1.88. The van der Waals surface area contributed by atoms with Crippen LogP contribution in [0.25, 0.3) is 16.8 Å². The Labute approximate surface area is 175 Å². The van der Waals surface area contributed by atoms with Crippen molar-refractivity contribution < 1.29 is 18.3 Å². The van der Waals surface area contributed by atoms with E-state index in [4.69, 9.17) is 5.73 Å². The van der Waals surface area contributed by atoms with Gasteiger partial charge in [-0.3, -0.25) is 4.79 Å². The number of aromatic hydroxyl groups is 1. The van der Waals surface area contributed by atoms with E-state index in [-0.39, 0.29) is 40.5 Å². The highest BCUT2D eigenvalue weighted by Gasteiger charge is 2.41. The molecule has 3 aromatic rings. The molecule has 1 saturated carbocycles. The van der Waals surface area contributed by atoms with Crippen molar-refractivity contribution in [3.05, 3.63) is 51.6 Å². The molecule has 1 aliphatic rings. The highest BCUT2D eigenvalue weighted by molar-refractivity contribution is 5.71. The van der Waals surface area contributed by atoms with Gasteiger partial charge >= 0.3 is 6.18 Å². The molecule has 31 heavy (non-hydrogen) atoms. The lowest BCUT2D eigenvalue weighted by Gasteiger charge is -2.22. The molecule has 9 heteroatoms. The van der Waals surface area contributed by atoms with Gasteiger partial charge < -0.3 is 15.8 Å². The van der Waals surface area contributed by atoms with Gasteiger partial charge in [-0.1, -0.05) is 31.1 Å². The molecule has 1 aromatic carbocycles. The van der Waals surface area contributed by atoms with Crippen LogP contribution in [0.1, 0.15) is 54.8 Å². The van der Waals surface area contributed by atoms with Gasteiger partial charge in [-0.25, -0.2) is 0 Å². The van der Waals surface area contributed by atoms with E-state index in [1.54, 1.807) is 6.07 Å². The van der Waals surface area contributed by atoms with Crippen molar-refractivity contribution in [2.24, 2.45) is 5.73 Å². The third-order valence-electron chi connectivity index (χ3n) is 5.60. The molecule has 0 amide bonds. The number of benzene rings is 1. The molecule has 1 aliphatic carbocycles. The molecule has 0 saturated heterocycles. The summed E-state index contributed by atoms with van der Waals surface area (Å²) < 4.78 is 42.0. The number of nitrogens with zero attached hydrogens (tertiary/aromatic N) is 2. The molecule has 4 rings (SSSR count). The molecular weight excluding hydrogens is 409 g/mol. The van der Waals surface area contributed by atoms with Crippen molar-refractivity contribution >= 4 is 5.65 Å². The van der Waals surface area contributed by atoms with E-state index in [9.17, 15) is 23.1 Å². The molecule has 0 spiro atoms. The van der Waals surface area contributed by atoms with Crippen LogP contribution in [0.3, 0.4) is 0 Å². The van der Waals surface area contributed by atoms with Gasteiger partial charge in [-0.05, 0) is 37.0 Å². The van der Waals surface area contributed by atoms with Gasteiger partial charge in [-0.2, -0.15) is 22.8 Å². The minimum Gasteiger partial charge on any atom is -0.507 e. The number of H-pyrrole nitrogens is 1. The third-order valence-corrected chi connectivity index (χ3v) is 5.60. The number of nitrogens with one attached hydrogen (secondary N) is 1. The Morgan fingerprint density at radius 1 is 1.23 bits per heavy atom. The number of aromatic amines is 1.